The second kappa shape index (κ2) is 9.13. The van der Waals surface area contributed by atoms with Crippen LogP contribution in [0.4, 0.5) is 11.6 Å². The molecule has 0 aliphatic carbocycles. The average Bonchev–Trinajstić information content (AvgIpc) is 3.29. The van der Waals surface area contributed by atoms with E-state index in [2.05, 4.69) is 10.3 Å². The maximum absolute atomic E-state index is 13.4. The Morgan fingerprint density at radius 1 is 1.03 bits per heavy atom. The van der Waals surface area contributed by atoms with Crippen LogP contribution in [0.5, 0.6) is 5.75 Å². The highest BCUT2D eigenvalue weighted by atomic mass is 32.2. The number of rotatable bonds is 8. The SMILES string of the molecule is COc1ccc(S(=O)(=O)c2nc(-c3cccc([N+](=O)[O-])c3)oc2NCc2ccccc2)cc1. The molecular formula is C23H19N3O6S. The van der Waals surface area contributed by atoms with Crippen molar-refractivity contribution in [2.75, 3.05) is 12.4 Å². The Hall–Kier alpha value is -4.18. The number of hydrogen-bond donors (Lipinski definition) is 1. The fourth-order valence-corrected chi connectivity index (χ4v) is 4.40. The van der Waals surface area contributed by atoms with Crippen LogP contribution >= 0.6 is 0 Å². The van der Waals surface area contributed by atoms with Gasteiger partial charge in [0.15, 0.2) is 0 Å². The van der Waals surface area contributed by atoms with E-state index in [0.717, 1.165) is 5.56 Å². The smallest absolute Gasteiger partial charge is 0.270 e. The minimum atomic E-state index is -4.07. The molecule has 0 aliphatic heterocycles. The summed E-state index contributed by atoms with van der Waals surface area (Å²) in [6.07, 6.45) is 0. The van der Waals surface area contributed by atoms with Crippen molar-refractivity contribution in [1.29, 1.82) is 0 Å². The summed E-state index contributed by atoms with van der Waals surface area (Å²) in [5, 5.41) is 13.8. The molecule has 0 unspecified atom stereocenters. The van der Waals surface area contributed by atoms with Gasteiger partial charge >= 0.3 is 0 Å². The molecule has 0 spiro atoms. The summed E-state index contributed by atoms with van der Waals surface area (Å²) in [6.45, 7) is 0.287. The first kappa shape index (κ1) is 22.0. The molecule has 1 heterocycles. The molecule has 0 atom stereocenters. The monoisotopic (exact) mass is 465 g/mol. The zero-order valence-electron chi connectivity index (χ0n) is 17.5. The summed E-state index contributed by atoms with van der Waals surface area (Å²) in [6, 6.07) is 20.9. The number of benzene rings is 3. The van der Waals surface area contributed by atoms with E-state index in [9.17, 15) is 18.5 Å². The van der Waals surface area contributed by atoms with Gasteiger partial charge in [0, 0.05) is 24.2 Å². The summed E-state index contributed by atoms with van der Waals surface area (Å²) in [7, 11) is -2.59. The molecular weight excluding hydrogens is 446 g/mol. The number of nitrogens with one attached hydrogen (secondary N) is 1. The summed E-state index contributed by atoms with van der Waals surface area (Å²) < 4.78 is 37.6. The summed E-state index contributed by atoms with van der Waals surface area (Å²) >= 11 is 0. The van der Waals surface area contributed by atoms with Crippen LogP contribution in [0.2, 0.25) is 0 Å². The summed E-state index contributed by atoms with van der Waals surface area (Å²) in [5.41, 5.74) is 1.02. The van der Waals surface area contributed by atoms with E-state index in [0.29, 0.717) is 5.75 Å². The number of non-ortho nitro benzene ring substituents is 1. The lowest BCUT2D eigenvalue weighted by atomic mass is 10.2. The molecule has 1 aromatic heterocycles. The van der Waals surface area contributed by atoms with Gasteiger partial charge in [-0.3, -0.25) is 10.1 Å². The van der Waals surface area contributed by atoms with Crippen LogP contribution in [0, 0.1) is 10.1 Å². The van der Waals surface area contributed by atoms with Gasteiger partial charge in [-0.2, -0.15) is 4.98 Å². The van der Waals surface area contributed by atoms with Crippen molar-refractivity contribution in [3.63, 3.8) is 0 Å². The van der Waals surface area contributed by atoms with Crippen LogP contribution in [0.1, 0.15) is 5.56 Å². The Kier molecular flexibility index (Phi) is 6.09. The molecule has 0 radical (unpaired) electrons. The fraction of sp³-hybridized carbons (Fsp3) is 0.0870. The van der Waals surface area contributed by atoms with E-state index in [1.165, 1.54) is 49.6 Å². The van der Waals surface area contributed by atoms with Crippen molar-refractivity contribution in [3.8, 4) is 17.2 Å². The lowest BCUT2D eigenvalue weighted by Crippen LogP contribution is -2.07. The first-order valence-electron chi connectivity index (χ1n) is 9.81. The Morgan fingerprint density at radius 2 is 1.76 bits per heavy atom. The molecule has 4 rings (SSSR count). The second-order valence-corrected chi connectivity index (χ2v) is 8.84. The molecule has 1 N–H and O–H groups in total. The standard InChI is InChI=1S/C23H19N3O6S/c1-31-19-10-12-20(13-11-19)33(29,30)23-22(24-15-16-6-3-2-4-7-16)32-21(25-23)17-8-5-9-18(14-17)26(27)28/h2-14,24H,15H2,1H3. The van der Waals surface area contributed by atoms with Crippen molar-refractivity contribution in [3.05, 3.63) is 94.5 Å². The number of oxazole rings is 1. The van der Waals surface area contributed by atoms with Crippen molar-refractivity contribution in [2.24, 2.45) is 0 Å². The van der Waals surface area contributed by atoms with Crippen molar-refractivity contribution in [2.45, 2.75) is 16.5 Å². The third-order valence-corrected chi connectivity index (χ3v) is 6.50. The van der Waals surface area contributed by atoms with Gasteiger partial charge < -0.3 is 14.5 Å². The van der Waals surface area contributed by atoms with E-state index >= 15 is 0 Å². The fourth-order valence-electron chi connectivity index (χ4n) is 3.12. The number of hydrogen-bond acceptors (Lipinski definition) is 8. The summed E-state index contributed by atoms with van der Waals surface area (Å²) in [4.78, 5) is 14.8. The van der Waals surface area contributed by atoms with Gasteiger partial charge in [0.05, 0.1) is 16.9 Å². The highest BCUT2D eigenvalue weighted by Crippen LogP contribution is 2.34. The van der Waals surface area contributed by atoms with Crippen LogP contribution in [-0.4, -0.2) is 25.4 Å². The third-order valence-electron chi connectivity index (χ3n) is 4.82. The van der Waals surface area contributed by atoms with Crippen LogP contribution < -0.4 is 10.1 Å². The highest BCUT2D eigenvalue weighted by molar-refractivity contribution is 7.91. The van der Waals surface area contributed by atoms with E-state index in [-0.39, 0.29) is 39.5 Å². The molecule has 33 heavy (non-hydrogen) atoms. The zero-order valence-corrected chi connectivity index (χ0v) is 18.3. The number of nitrogens with zero attached hydrogens (tertiary/aromatic N) is 2. The van der Waals surface area contributed by atoms with Crippen molar-refractivity contribution < 1.29 is 22.5 Å². The second-order valence-electron chi connectivity index (χ2n) is 6.98. The molecule has 4 aromatic rings. The topological polar surface area (TPSA) is 125 Å². The molecule has 0 amide bonds. The van der Waals surface area contributed by atoms with Crippen LogP contribution in [0.25, 0.3) is 11.5 Å². The van der Waals surface area contributed by atoms with Crippen LogP contribution in [-0.2, 0) is 16.4 Å². The Bertz CT molecular complexity index is 1380. The molecule has 10 heteroatoms. The van der Waals surface area contributed by atoms with Gasteiger partial charge in [-0.15, -0.1) is 0 Å². The molecule has 3 aromatic carbocycles. The van der Waals surface area contributed by atoms with Crippen LogP contribution in [0.15, 0.2) is 93.2 Å². The number of nitro benzene ring substituents is 1. The number of aromatic nitrogens is 1. The Labute approximate surface area is 189 Å². The van der Waals surface area contributed by atoms with Gasteiger partial charge in [0.1, 0.15) is 5.75 Å². The van der Waals surface area contributed by atoms with Gasteiger partial charge in [-0.25, -0.2) is 8.42 Å². The molecule has 0 saturated carbocycles. The van der Waals surface area contributed by atoms with Gasteiger partial charge in [-0.1, -0.05) is 36.4 Å². The minimum absolute atomic E-state index is 0.00459. The number of nitro groups is 1. The van der Waals surface area contributed by atoms with Gasteiger partial charge in [0.2, 0.25) is 26.6 Å². The van der Waals surface area contributed by atoms with E-state index in [1.54, 1.807) is 6.07 Å². The minimum Gasteiger partial charge on any atom is -0.497 e. The molecule has 168 valence electrons. The number of ether oxygens (including phenoxy) is 1. The lowest BCUT2D eigenvalue weighted by Gasteiger charge is -2.07. The van der Waals surface area contributed by atoms with Gasteiger partial charge in [0.25, 0.3) is 5.69 Å². The molecule has 0 fully saturated rings. The molecule has 9 nitrogen and oxygen atoms in total. The first-order chi connectivity index (χ1) is 15.9. The quantitative estimate of drug-likeness (QED) is 0.293. The van der Waals surface area contributed by atoms with E-state index in [1.807, 2.05) is 30.3 Å². The number of methoxy groups -OCH3 is 1. The maximum Gasteiger partial charge on any atom is 0.270 e. The predicted molar refractivity (Wildman–Crippen MR) is 121 cm³/mol. The highest BCUT2D eigenvalue weighted by Gasteiger charge is 2.29. The Balaban J connectivity index is 1.77. The first-order valence-corrected chi connectivity index (χ1v) is 11.3. The van der Waals surface area contributed by atoms with E-state index in [4.69, 9.17) is 9.15 Å². The van der Waals surface area contributed by atoms with Crippen molar-refractivity contribution in [1.82, 2.24) is 4.98 Å². The Morgan fingerprint density at radius 3 is 2.42 bits per heavy atom. The number of anilines is 1. The molecule has 0 saturated heterocycles. The van der Waals surface area contributed by atoms with E-state index < -0.39 is 14.8 Å². The average molecular weight is 465 g/mol. The predicted octanol–water partition coefficient (Wildman–Crippen LogP) is 4.70. The normalized spacial score (nSPS) is 11.2. The van der Waals surface area contributed by atoms with Crippen LogP contribution in [0.3, 0.4) is 0 Å². The third kappa shape index (κ3) is 4.70. The molecule has 0 aliphatic rings. The van der Waals surface area contributed by atoms with Crippen molar-refractivity contribution >= 4 is 21.4 Å². The lowest BCUT2D eigenvalue weighted by molar-refractivity contribution is -0.384. The largest absolute Gasteiger partial charge is 0.497 e. The molecule has 0 bridgehead atoms. The number of sulfone groups is 1. The van der Waals surface area contributed by atoms with Gasteiger partial charge in [-0.05, 0) is 35.9 Å². The summed E-state index contributed by atoms with van der Waals surface area (Å²) in [5.74, 6) is 0.395. The zero-order chi connectivity index (χ0) is 23.4. The maximum atomic E-state index is 13.4.